The van der Waals surface area contributed by atoms with Gasteiger partial charge in [-0.2, -0.15) is 0 Å². The van der Waals surface area contributed by atoms with Crippen LogP contribution in [0.1, 0.15) is 0 Å². The van der Waals surface area contributed by atoms with Gasteiger partial charge in [-0.3, -0.25) is 9.78 Å². The van der Waals surface area contributed by atoms with Crippen LogP contribution >= 0.6 is 15.9 Å². The molecule has 0 aromatic carbocycles. The van der Waals surface area contributed by atoms with Crippen molar-refractivity contribution in [3.05, 3.63) is 22.9 Å². The van der Waals surface area contributed by atoms with E-state index in [0.29, 0.717) is 10.2 Å². The number of rotatable bonds is 1. The first-order valence-corrected chi connectivity index (χ1v) is 4.42. The lowest BCUT2D eigenvalue weighted by molar-refractivity contribution is -0.150. The van der Waals surface area contributed by atoms with Gasteiger partial charge in [-0.05, 0) is 22.0 Å². The zero-order chi connectivity index (χ0) is 10.6. The fourth-order valence-electron chi connectivity index (χ4n) is 0.755. The van der Waals surface area contributed by atoms with Crippen molar-refractivity contribution in [2.24, 2.45) is 0 Å². The molecule has 0 aliphatic carbocycles. The summed E-state index contributed by atoms with van der Waals surface area (Å²) in [6.45, 7) is 0. The van der Waals surface area contributed by atoms with Crippen molar-refractivity contribution >= 4 is 33.5 Å². The number of amides is 1. The summed E-state index contributed by atoms with van der Waals surface area (Å²) < 4.78 is 4.94. The quantitative estimate of drug-likeness (QED) is 0.602. The van der Waals surface area contributed by atoms with E-state index in [-0.39, 0.29) is 0 Å². The normalized spacial score (nSPS) is 9.29. The van der Waals surface area contributed by atoms with Crippen molar-refractivity contribution in [2.45, 2.75) is 0 Å². The molecule has 0 fully saturated rings. The van der Waals surface area contributed by atoms with E-state index < -0.39 is 11.9 Å². The molecule has 0 aliphatic rings. The maximum atomic E-state index is 11.0. The number of nitrogens with one attached hydrogen (secondary N) is 1. The Hall–Kier alpha value is -1.43. The summed E-state index contributed by atoms with van der Waals surface area (Å²) >= 11 is 3.18. The van der Waals surface area contributed by atoms with Gasteiger partial charge in [-0.25, -0.2) is 4.79 Å². The fraction of sp³-hybridized carbons (Fsp3) is 0.125. The number of anilines is 1. The molecule has 0 atom stereocenters. The number of carbonyl (C=O) groups excluding carboxylic acids is 2. The molecule has 0 bridgehead atoms. The number of carbonyl (C=O) groups is 2. The van der Waals surface area contributed by atoms with Crippen molar-refractivity contribution in [3.8, 4) is 0 Å². The van der Waals surface area contributed by atoms with Crippen LogP contribution in [0.5, 0.6) is 0 Å². The number of methoxy groups -OCH3 is 1. The Balaban J connectivity index is 2.70. The standard InChI is InChI=1S/C8H7BrN2O3/c1-14-8(13)7(12)11-6-2-5(9)3-10-4-6/h2-4H,1H3,(H,11,12). The lowest BCUT2D eigenvalue weighted by Gasteiger charge is -2.02. The molecule has 1 N–H and O–H groups in total. The van der Waals surface area contributed by atoms with E-state index in [9.17, 15) is 9.59 Å². The number of aromatic nitrogens is 1. The van der Waals surface area contributed by atoms with Gasteiger partial charge in [0, 0.05) is 10.7 Å². The van der Waals surface area contributed by atoms with Gasteiger partial charge < -0.3 is 10.1 Å². The molecule has 1 amide bonds. The van der Waals surface area contributed by atoms with Gasteiger partial charge in [0.25, 0.3) is 0 Å². The summed E-state index contributed by atoms with van der Waals surface area (Å²) in [7, 11) is 1.14. The largest absolute Gasteiger partial charge is 0.462 e. The molecule has 0 unspecified atom stereocenters. The van der Waals surface area contributed by atoms with Crippen molar-refractivity contribution in [2.75, 3.05) is 12.4 Å². The SMILES string of the molecule is COC(=O)C(=O)Nc1cncc(Br)c1. The minimum Gasteiger partial charge on any atom is -0.462 e. The van der Waals surface area contributed by atoms with E-state index in [4.69, 9.17) is 0 Å². The average molecular weight is 259 g/mol. The van der Waals surface area contributed by atoms with Crippen LogP contribution in [-0.2, 0) is 14.3 Å². The summed E-state index contributed by atoms with van der Waals surface area (Å²) in [5.41, 5.74) is 0.426. The van der Waals surface area contributed by atoms with Crippen molar-refractivity contribution in [1.29, 1.82) is 0 Å². The molecule has 1 aromatic heterocycles. The Morgan fingerprint density at radius 1 is 1.50 bits per heavy atom. The Morgan fingerprint density at radius 3 is 2.79 bits per heavy atom. The smallest absolute Gasteiger partial charge is 0.396 e. The molecule has 0 saturated heterocycles. The summed E-state index contributed by atoms with van der Waals surface area (Å²) in [6, 6.07) is 1.62. The number of hydrogen-bond acceptors (Lipinski definition) is 4. The molecule has 1 rings (SSSR count). The summed E-state index contributed by atoms with van der Waals surface area (Å²) in [5.74, 6) is -1.77. The number of ether oxygens (including phenoxy) is 1. The first-order chi connectivity index (χ1) is 6.63. The van der Waals surface area contributed by atoms with Crippen molar-refractivity contribution < 1.29 is 14.3 Å². The number of nitrogens with zero attached hydrogens (tertiary/aromatic N) is 1. The van der Waals surface area contributed by atoms with E-state index in [1.54, 1.807) is 12.3 Å². The van der Waals surface area contributed by atoms with Crippen molar-refractivity contribution in [1.82, 2.24) is 4.98 Å². The number of esters is 1. The maximum absolute atomic E-state index is 11.0. The highest BCUT2D eigenvalue weighted by Crippen LogP contribution is 2.13. The molecule has 14 heavy (non-hydrogen) atoms. The lowest BCUT2D eigenvalue weighted by atomic mass is 10.4. The van der Waals surface area contributed by atoms with Crippen LogP contribution in [-0.4, -0.2) is 24.0 Å². The van der Waals surface area contributed by atoms with Gasteiger partial charge in [-0.15, -0.1) is 0 Å². The molecule has 0 saturated carbocycles. The van der Waals surface area contributed by atoms with Gasteiger partial charge in [0.2, 0.25) is 0 Å². The number of halogens is 1. The van der Waals surface area contributed by atoms with Crippen LogP contribution in [0.15, 0.2) is 22.9 Å². The van der Waals surface area contributed by atoms with E-state index in [0.717, 1.165) is 7.11 Å². The van der Waals surface area contributed by atoms with E-state index >= 15 is 0 Å². The average Bonchev–Trinajstić information content (AvgIpc) is 2.16. The van der Waals surface area contributed by atoms with Crippen molar-refractivity contribution in [3.63, 3.8) is 0 Å². The molecule has 0 radical (unpaired) electrons. The number of pyridine rings is 1. The summed E-state index contributed by atoms with van der Waals surface area (Å²) in [4.78, 5) is 25.6. The third-order valence-electron chi connectivity index (χ3n) is 1.33. The predicted octanol–water partition coefficient (Wildman–Crippen LogP) is 0.956. The molecule has 6 heteroatoms. The minimum atomic E-state index is -0.940. The second kappa shape index (κ2) is 4.71. The minimum absolute atomic E-state index is 0.426. The molecular formula is C8H7BrN2O3. The van der Waals surface area contributed by atoms with Gasteiger partial charge in [0.15, 0.2) is 0 Å². The topological polar surface area (TPSA) is 68.3 Å². The van der Waals surface area contributed by atoms with Gasteiger partial charge in [0.05, 0.1) is 19.0 Å². The Kier molecular flexibility index (Phi) is 3.58. The molecule has 1 aromatic rings. The highest BCUT2D eigenvalue weighted by atomic mass is 79.9. The second-order valence-corrected chi connectivity index (χ2v) is 3.25. The van der Waals surface area contributed by atoms with Crippen LogP contribution < -0.4 is 5.32 Å². The van der Waals surface area contributed by atoms with Crippen LogP contribution in [0.3, 0.4) is 0 Å². The highest BCUT2D eigenvalue weighted by Gasteiger charge is 2.13. The zero-order valence-corrected chi connectivity index (χ0v) is 8.87. The molecular weight excluding hydrogens is 252 g/mol. The van der Waals surface area contributed by atoms with Gasteiger partial charge in [-0.1, -0.05) is 0 Å². The Bertz CT molecular complexity index is 367. The molecule has 0 aliphatic heterocycles. The third-order valence-corrected chi connectivity index (χ3v) is 1.77. The predicted molar refractivity (Wildman–Crippen MR) is 52.6 cm³/mol. The summed E-state index contributed by atoms with van der Waals surface area (Å²) in [5, 5.41) is 2.33. The monoisotopic (exact) mass is 258 g/mol. The highest BCUT2D eigenvalue weighted by molar-refractivity contribution is 9.10. The summed E-state index contributed by atoms with van der Waals surface area (Å²) in [6.07, 6.45) is 2.99. The maximum Gasteiger partial charge on any atom is 0.396 e. The second-order valence-electron chi connectivity index (χ2n) is 2.34. The van der Waals surface area contributed by atoms with Gasteiger partial charge in [0.1, 0.15) is 0 Å². The molecule has 1 heterocycles. The Morgan fingerprint density at radius 2 is 2.21 bits per heavy atom. The fourth-order valence-corrected chi connectivity index (χ4v) is 1.12. The third kappa shape index (κ3) is 2.81. The molecule has 5 nitrogen and oxygen atoms in total. The van der Waals surface area contributed by atoms with Crippen LogP contribution in [0, 0.1) is 0 Å². The van der Waals surface area contributed by atoms with Gasteiger partial charge >= 0.3 is 11.9 Å². The van der Waals surface area contributed by atoms with Crippen LogP contribution in [0.4, 0.5) is 5.69 Å². The Labute approximate surface area is 88.6 Å². The van der Waals surface area contributed by atoms with E-state index in [1.807, 2.05) is 0 Å². The number of hydrogen-bond donors (Lipinski definition) is 1. The first-order valence-electron chi connectivity index (χ1n) is 3.63. The molecule has 74 valence electrons. The first kappa shape index (κ1) is 10.6. The van der Waals surface area contributed by atoms with Crippen LogP contribution in [0.2, 0.25) is 0 Å². The van der Waals surface area contributed by atoms with E-state index in [2.05, 4.69) is 31.0 Å². The zero-order valence-electron chi connectivity index (χ0n) is 7.28. The van der Waals surface area contributed by atoms with E-state index in [1.165, 1.54) is 6.20 Å². The molecule has 0 spiro atoms. The lowest BCUT2D eigenvalue weighted by Crippen LogP contribution is -2.23. The van der Waals surface area contributed by atoms with Crippen LogP contribution in [0.25, 0.3) is 0 Å².